The lowest BCUT2D eigenvalue weighted by Gasteiger charge is -2.09. The van der Waals surface area contributed by atoms with Gasteiger partial charge in [-0.25, -0.2) is 4.98 Å². The summed E-state index contributed by atoms with van der Waals surface area (Å²) in [6, 6.07) is 0. The van der Waals surface area contributed by atoms with Crippen LogP contribution in [-0.4, -0.2) is 24.8 Å². The third-order valence-corrected chi connectivity index (χ3v) is 5.22. The van der Waals surface area contributed by atoms with E-state index < -0.39 is 12.0 Å². The highest BCUT2D eigenvalue weighted by Gasteiger charge is 2.38. The van der Waals surface area contributed by atoms with Crippen LogP contribution in [0.5, 0.6) is 0 Å². The molecule has 0 unspecified atom stereocenters. The summed E-state index contributed by atoms with van der Waals surface area (Å²) >= 11 is 2.66. The number of thiazole rings is 1. The predicted molar refractivity (Wildman–Crippen MR) is 76.2 cm³/mol. The molecule has 0 aliphatic carbocycles. The first kappa shape index (κ1) is 15.2. The Hall–Kier alpha value is -1.68. The Labute approximate surface area is 131 Å². The van der Waals surface area contributed by atoms with Crippen molar-refractivity contribution in [3.05, 3.63) is 28.0 Å². The average molecular weight is 345 g/mol. The minimum absolute atomic E-state index is 0.115. The second kappa shape index (κ2) is 5.20. The van der Waals surface area contributed by atoms with Crippen molar-refractivity contribution in [1.82, 2.24) is 24.8 Å². The topological polar surface area (TPSA) is 56.0 Å². The van der Waals surface area contributed by atoms with Crippen molar-refractivity contribution in [2.24, 2.45) is 0 Å². The van der Waals surface area contributed by atoms with E-state index in [2.05, 4.69) is 20.3 Å². The number of halogens is 3. The lowest BCUT2D eigenvalue weighted by molar-refractivity contribution is -0.146. The second-order valence-electron chi connectivity index (χ2n) is 4.67. The van der Waals surface area contributed by atoms with Crippen molar-refractivity contribution in [1.29, 1.82) is 0 Å². The Bertz CT molecular complexity index is 852. The van der Waals surface area contributed by atoms with Crippen molar-refractivity contribution in [2.75, 3.05) is 0 Å². The highest BCUT2D eigenvalue weighted by molar-refractivity contribution is 8.01. The molecule has 0 aliphatic heterocycles. The Morgan fingerprint density at radius 1 is 1.14 bits per heavy atom. The molecule has 0 radical (unpaired) electrons. The number of alkyl halides is 3. The zero-order valence-corrected chi connectivity index (χ0v) is 13.4. The number of nitrogens with zero attached hydrogens (tertiary/aromatic N) is 5. The first-order chi connectivity index (χ1) is 10.3. The molecule has 0 aliphatic rings. The molecule has 116 valence electrons. The van der Waals surface area contributed by atoms with E-state index in [1.54, 1.807) is 13.8 Å². The van der Waals surface area contributed by atoms with Gasteiger partial charge in [0.15, 0.2) is 9.99 Å². The molecule has 0 amide bonds. The molecule has 5 nitrogen and oxygen atoms in total. The van der Waals surface area contributed by atoms with E-state index in [0.717, 1.165) is 20.1 Å². The van der Waals surface area contributed by atoms with Gasteiger partial charge in [0.05, 0.1) is 0 Å². The van der Waals surface area contributed by atoms with Gasteiger partial charge in [0, 0.05) is 16.6 Å². The van der Waals surface area contributed by atoms with Gasteiger partial charge in [0.1, 0.15) is 5.03 Å². The first-order valence-electron chi connectivity index (χ1n) is 6.17. The number of aromatic nitrogens is 5. The van der Waals surface area contributed by atoms with Crippen LogP contribution in [0.4, 0.5) is 13.2 Å². The number of fused-ring (bicyclic) bond motifs is 1. The zero-order valence-electron chi connectivity index (χ0n) is 11.8. The zero-order chi connectivity index (χ0) is 16.1. The number of rotatable bonds is 2. The fraction of sp³-hybridized carbons (Fsp3) is 0.333. The van der Waals surface area contributed by atoms with Crippen molar-refractivity contribution in [2.45, 2.75) is 36.3 Å². The Balaban J connectivity index is 2.16. The third kappa shape index (κ3) is 2.56. The predicted octanol–water partition coefficient (Wildman–Crippen LogP) is 3.68. The number of hydrogen-bond donors (Lipinski definition) is 0. The summed E-state index contributed by atoms with van der Waals surface area (Å²) in [4.78, 5) is 4.29. The standard InChI is InChI=1S/C12H10F3N5S2/c1-5-4-21-11(16-5)22-9-7(3)6(2)8-17-18-10(12(13,14)15)20(8)19-9/h4H,1-3H3. The summed E-state index contributed by atoms with van der Waals surface area (Å²) in [6.45, 7) is 5.36. The van der Waals surface area contributed by atoms with E-state index in [0.29, 0.717) is 10.6 Å². The van der Waals surface area contributed by atoms with E-state index in [9.17, 15) is 13.2 Å². The number of hydrogen-bond acceptors (Lipinski definition) is 6. The minimum Gasteiger partial charge on any atom is -0.235 e. The third-order valence-electron chi connectivity index (χ3n) is 3.09. The highest BCUT2D eigenvalue weighted by Crippen LogP contribution is 2.34. The fourth-order valence-electron chi connectivity index (χ4n) is 1.84. The summed E-state index contributed by atoms with van der Waals surface area (Å²) < 4.78 is 40.4. The van der Waals surface area contributed by atoms with Gasteiger partial charge in [-0.2, -0.15) is 22.8 Å². The maximum atomic E-state index is 13.0. The van der Waals surface area contributed by atoms with E-state index in [4.69, 9.17) is 0 Å². The molecule has 0 atom stereocenters. The molecular formula is C12H10F3N5S2. The molecule has 10 heteroatoms. The number of aryl methyl sites for hydroxylation is 2. The molecule has 0 bridgehead atoms. The van der Waals surface area contributed by atoms with Gasteiger partial charge in [-0.3, -0.25) is 0 Å². The van der Waals surface area contributed by atoms with Crippen LogP contribution in [0.3, 0.4) is 0 Å². The molecule has 22 heavy (non-hydrogen) atoms. The first-order valence-corrected chi connectivity index (χ1v) is 7.87. The fourth-order valence-corrected chi connectivity index (χ4v) is 3.72. The molecule has 0 saturated heterocycles. The van der Waals surface area contributed by atoms with Gasteiger partial charge in [0.25, 0.3) is 5.82 Å². The quantitative estimate of drug-likeness (QED) is 0.709. The van der Waals surface area contributed by atoms with Crippen LogP contribution < -0.4 is 0 Å². The molecule has 0 spiro atoms. The van der Waals surface area contributed by atoms with Crippen molar-refractivity contribution < 1.29 is 13.2 Å². The monoisotopic (exact) mass is 345 g/mol. The van der Waals surface area contributed by atoms with Gasteiger partial charge in [-0.1, -0.05) is 0 Å². The Morgan fingerprint density at radius 3 is 2.45 bits per heavy atom. The summed E-state index contributed by atoms with van der Waals surface area (Å²) in [6.07, 6.45) is -4.60. The second-order valence-corrected chi connectivity index (χ2v) is 6.76. The summed E-state index contributed by atoms with van der Waals surface area (Å²) in [5.74, 6) is -1.12. The highest BCUT2D eigenvalue weighted by atomic mass is 32.2. The minimum atomic E-state index is -4.60. The van der Waals surface area contributed by atoms with Crippen molar-refractivity contribution >= 4 is 28.7 Å². The molecule has 3 rings (SSSR count). The van der Waals surface area contributed by atoms with Gasteiger partial charge in [-0.05, 0) is 38.1 Å². The molecule has 0 N–H and O–H groups in total. The summed E-state index contributed by atoms with van der Waals surface area (Å²) in [7, 11) is 0. The lowest BCUT2D eigenvalue weighted by atomic mass is 10.2. The van der Waals surface area contributed by atoms with Crippen LogP contribution in [0, 0.1) is 20.8 Å². The maximum absolute atomic E-state index is 13.0. The molecule has 3 aromatic heterocycles. The van der Waals surface area contributed by atoms with E-state index in [1.165, 1.54) is 23.1 Å². The molecule has 3 heterocycles. The Morgan fingerprint density at radius 2 is 1.86 bits per heavy atom. The molecular weight excluding hydrogens is 335 g/mol. The largest absolute Gasteiger partial charge is 0.453 e. The normalized spacial score (nSPS) is 12.3. The van der Waals surface area contributed by atoms with E-state index in [-0.39, 0.29) is 5.65 Å². The van der Waals surface area contributed by atoms with Crippen LogP contribution in [0.2, 0.25) is 0 Å². The van der Waals surface area contributed by atoms with E-state index in [1.807, 2.05) is 12.3 Å². The van der Waals surface area contributed by atoms with Crippen LogP contribution in [0.1, 0.15) is 22.6 Å². The average Bonchev–Trinajstić information content (AvgIpc) is 3.01. The van der Waals surface area contributed by atoms with Crippen LogP contribution in [-0.2, 0) is 6.18 Å². The smallest absolute Gasteiger partial charge is 0.235 e. The van der Waals surface area contributed by atoms with Crippen molar-refractivity contribution in [3.63, 3.8) is 0 Å². The van der Waals surface area contributed by atoms with Crippen molar-refractivity contribution in [3.8, 4) is 0 Å². The molecule has 0 aromatic carbocycles. The van der Waals surface area contributed by atoms with Crippen LogP contribution in [0.25, 0.3) is 5.65 Å². The van der Waals surface area contributed by atoms with E-state index >= 15 is 0 Å². The molecule has 0 fully saturated rings. The van der Waals surface area contributed by atoms with Gasteiger partial charge in [0.2, 0.25) is 0 Å². The summed E-state index contributed by atoms with van der Waals surface area (Å²) in [5, 5.41) is 13.2. The van der Waals surface area contributed by atoms with Gasteiger partial charge >= 0.3 is 6.18 Å². The van der Waals surface area contributed by atoms with Crippen LogP contribution in [0.15, 0.2) is 14.7 Å². The maximum Gasteiger partial charge on any atom is 0.453 e. The Kier molecular flexibility index (Phi) is 3.60. The SMILES string of the molecule is Cc1csc(Sc2nn3c(C(F)(F)F)nnc3c(C)c2C)n1. The summed E-state index contributed by atoms with van der Waals surface area (Å²) in [5.41, 5.74) is 2.37. The molecule has 3 aromatic rings. The van der Waals surface area contributed by atoms with Gasteiger partial charge < -0.3 is 0 Å². The lowest BCUT2D eigenvalue weighted by Crippen LogP contribution is -2.13. The van der Waals surface area contributed by atoms with Gasteiger partial charge in [-0.15, -0.1) is 21.5 Å². The molecule has 0 saturated carbocycles. The van der Waals surface area contributed by atoms with Crippen LogP contribution >= 0.6 is 23.1 Å².